The monoisotopic (exact) mass is 292 g/mol. The minimum atomic E-state index is 0.0309. The fourth-order valence-corrected chi connectivity index (χ4v) is 2.89. The van der Waals surface area contributed by atoms with E-state index in [9.17, 15) is 9.59 Å². The molecular formula is C15H20N2O2S. The molecule has 1 aromatic rings. The Hall–Kier alpha value is -1.49. The number of piperidine rings is 1. The molecule has 0 saturated carbocycles. The summed E-state index contributed by atoms with van der Waals surface area (Å²) in [6.07, 6.45) is 1.26. The van der Waals surface area contributed by atoms with E-state index >= 15 is 0 Å². The quantitative estimate of drug-likeness (QED) is 0.861. The van der Waals surface area contributed by atoms with Crippen molar-refractivity contribution in [3.8, 4) is 0 Å². The molecule has 1 aliphatic heterocycles. The Kier molecular flexibility index (Phi) is 5.06. The van der Waals surface area contributed by atoms with Crippen LogP contribution in [0.4, 0.5) is 0 Å². The number of carbonyl (C=O) groups excluding carboxylic acids is 2. The van der Waals surface area contributed by atoms with Gasteiger partial charge in [-0.15, -0.1) is 11.8 Å². The van der Waals surface area contributed by atoms with Crippen molar-refractivity contribution < 1.29 is 9.59 Å². The van der Waals surface area contributed by atoms with Gasteiger partial charge in [-0.25, -0.2) is 0 Å². The van der Waals surface area contributed by atoms with Crippen molar-refractivity contribution >= 4 is 23.6 Å². The number of rotatable bonds is 4. The van der Waals surface area contributed by atoms with Gasteiger partial charge in [-0.3, -0.25) is 9.59 Å². The maximum absolute atomic E-state index is 11.9. The molecular weight excluding hydrogens is 272 g/mol. The van der Waals surface area contributed by atoms with E-state index < -0.39 is 0 Å². The number of amides is 2. The maximum Gasteiger partial charge on any atom is 0.230 e. The fraction of sp³-hybridized carbons (Fsp3) is 0.467. The van der Waals surface area contributed by atoms with Gasteiger partial charge in [-0.2, -0.15) is 0 Å². The standard InChI is InChI=1S/C15H20N2O2S/c1-11-3-6-13(7-4-11)20-10-14(18)16-12-5-8-15(19)17(2)9-12/h3-4,6-7,12H,5,8-10H2,1-2H3,(H,16,18)/t12-/m0/s1. The van der Waals surface area contributed by atoms with Gasteiger partial charge >= 0.3 is 0 Å². The van der Waals surface area contributed by atoms with E-state index in [0.717, 1.165) is 11.3 Å². The first kappa shape index (κ1) is 14.9. The topological polar surface area (TPSA) is 49.4 Å². The molecule has 5 heteroatoms. The van der Waals surface area contributed by atoms with Crippen LogP contribution in [0.5, 0.6) is 0 Å². The Balaban J connectivity index is 1.75. The van der Waals surface area contributed by atoms with Crippen LogP contribution in [0.15, 0.2) is 29.2 Å². The smallest absolute Gasteiger partial charge is 0.230 e. The van der Waals surface area contributed by atoms with Crippen molar-refractivity contribution in [3.05, 3.63) is 29.8 Å². The molecule has 108 valence electrons. The van der Waals surface area contributed by atoms with Crippen molar-refractivity contribution in [1.82, 2.24) is 10.2 Å². The number of nitrogens with one attached hydrogen (secondary N) is 1. The Morgan fingerprint density at radius 3 is 2.75 bits per heavy atom. The number of carbonyl (C=O) groups is 2. The van der Waals surface area contributed by atoms with E-state index in [-0.39, 0.29) is 17.9 Å². The molecule has 1 saturated heterocycles. The molecule has 1 aromatic carbocycles. The van der Waals surface area contributed by atoms with Crippen molar-refractivity contribution in [2.45, 2.75) is 30.7 Å². The number of likely N-dealkylation sites (tertiary alicyclic amines) is 1. The first-order valence-electron chi connectivity index (χ1n) is 6.77. The lowest BCUT2D eigenvalue weighted by Crippen LogP contribution is -2.48. The zero-order valence-electron chi connectivity index (χ0n) is 11.9. The summed E-state index contributed by atoms with van der Waals surface area (Å²) >= 11 is 1.53. The van der Waals surface area contributed by atoms with Gasteiger partial charge in [-0.05, 0) is 25.5 Å². The zero-order chi connectivity index (χ0) is 14.5. The second kappa shape index (κ2) is 6.79. The van der Waals surface area contributed by atoms with Crippen LogP contribution in [0.1, 0.15) is 18.4 Å². The van der Waals surface area contributed by atoms with Crippen LogP contribution >= 0.6 is 11.8 Å². The van der Waals surface area contributed by atoms with Crippen LogP contribution in [-0.2, 0) is 9.59 Å². The summed E-state index contributed by atoms with van der Waals surface area (Å²) in [6, 6.07) is 8.23. The highest BCUT2D eigenvalue weighted by Gasteiger charge is 2.23. The lowest BCUT2D eigenvalue weighted by molar-refractivity contribution is -0.133. The highest BCUT2D eigenvalue weighted by Crippen LogP contribution is 2.18. The summed E-state index contributed by atoms with van der Waals surface area (Å²) in [7, 11) is 1.78. The number of aryl methyl sites for hydroxylation is 1. The normalized spacial score (nSPS) is 19.0. The Morgan fingerprint density at radius 2 is 2.10 bits per heavy atom. The van der Waals surface area contributed by atoms with Crippen LogP contribution in [0, 0.1) is 6.92 Å². The lowest BCUT2D eigenvalue weighted by atomic mass is 10.1. The summed E-state index contributed by atoms with van der Waals surface area (Å²) in [5.41, 5.74) is 1.22. The van der Waals surface area contributed by atoms with Gasteiger partial charge in [0.15, 0.2) is 0 Å². The first-order valence-corrected chi connectivity index (χ1v) is 7.76. The van der Waals surface area contributed by atoms with Gasteiger partial charge in [-0.1, -0.05) is 17.7 Å². The highest BCUT2D eigenvalue weighted by atomic mass is 32.2. The van der Waals surface area contributed by atoms with Gasteiger partial charge in [0, 0.05) is 31.0 Å². The Morgan fingerprint density at radius 1 is 1.40 bits per heavy atom. The number of nitrogens with zero attached hydrogens (tertiary/aromatic N) is 1. The summed E-state index contributed by atoms with van der Waals surface area (Å²) < 4.78 is 0. The van der Waals surface area contributed by atoms with Crippen molar-refractivity contribution in [2.24, 2.45) is 0 Å². The number of hydrogen-bond acceptors (Lipinski definition) is 3. The van der Waals surface area contributed by atoms with E-state index in [4.69, 9.17) is 0 Å². The van der Waals surface area contributed by atoms with Crippen LogP contribution in [0.2, 0.25) is 0 Å². The fourth-order valence-electron chi connectivity index (χ4n) is 2.18. The summed E-state index contributed by atoms with van der Waals surface area (Å²) in [5, 5.41) is 3.00. The molecule has 2 rings (SSSR count). The van der Waals surface area contributed by atoms with Crippen LogP contribution < -0.4 is 5.32 Å². The Labute approximate surface area is 123 Å². The average Bonchev–Trinajstić information content (AvgIpc) is 2.42. The third-order valence-electron chi connectivity index (χ3n) is 3.38. The maximum atomic E-state index is 11.9. The third kappa shape index (κ3) is 4.27. The number of hydrogen-bond donors (Lipinski definition) is 1. The second-order valence-corrected chi connectivity index (χ2v) is 6.23. The minimum absolute atomic E-state index is 0.0309. The van der Waals surface area contributed by atoms with E-state index in [2.05, 4.69) is 5.32 Å². The first-order chi connectivity index (χ1) is 9.54. The van der Waals surface area contributed by atoms with Crippen molar-refractivity contribution in [3.63, 3.8) is 0 Å². The van der Waals surface area contributed by atoms with Crippen LogP contribution in [0.3, 0.4) is 0 Å². The van der Waals surface area contributed by atoms with E-state index in [1.54, 1.807) is 11.9 Å². The van der Waals surface area contributed by atoms with Crippen molar-refractivity contribution in [2.75, 3.05) is 19.3 Å². The van der Waals surface area contributed by atoms with Gasteiger partial charge in [0.05, 0.1) is 5.75 Å². The molecule has 0 spiro atoms. The number of benzene rings is 1. The molecule has 0 unspecified atom stereocenters. The predicted octanol–water partition coefficient (Wildman–Crippen LogP) is 1.82. The minimum Gasteiger partial charge on any atom is -0.351 e. The third-order valence-corrected chi connectivity index (χ3v) is 4.39. The molecule has 1 heterocycles. The highest BCUT2D eigenvalue weighted by molar-refractivity contribution is 8.00. The van der Waals surface area contributed by atoms with Gasteiger partial charge in [0.2, 0.25) is 11.8 Å². The van der Waals surface area contributed by atoms with Crippen LogP contribution in [-0.4, -0.2) is 42.1 Å². The van der Waals surface area contributed by atoms with Gasteiger partial charge < -0.3 is 10.2 Å². The van der Waals surface area contributed by atoms with Gasteiger partial charge in [0.1, 0.15) is 0 Å². The van der Waals surface area contributed by atoms with E-state index in [1.807, 2.05) is 31.2 Å². The molecule has 0 bridgehead atoms. The molecule has 0 radical (unpaired) electrons. The van der Waals surface area contributed by atoms with Crippen molar-refractivity contribution in [1.29, 1.82) is 0 Å². The summed E-state index contributed by atoms with van der Waals surface area (Å²) in [4.78, 5) is 26.1. The molecule has 0 aliphatic carbocycles. The molecule has 1 N–H and O–H groups in total. The summed E-state index contributed by atoms with van der Waals surface area (Å²) in [5.74, 6) is 0.602. The SMILES string of the molecule is Cc1ccc(SCC(=O)N[C@H]2CCC(=O)N(C)C2)cc1. The van der Waals surface area contributed by atoms with E-state index in [1.165, 1.54) is 17.3 Å². The van der Waals surface area contributed by atoms with Crippen LogP contribution in [0.25, 0.3) is 0 Å². The Bertz CT molecular complexity index is 487. The zero-order valence-corrected chi connectivity index (χ0v) is 12.7. The van der Waals surface area contributed by atoms with Gasteiger partial charge in [0.25, 0.3) is 0 Å². The largest absolute Gasteiger partial charge is 0.351 e. The predicted molar refractivity (Wildman–Crippen MR) is 80.7 cm³/mol. The molecule has 1 aliphatic rings. The molecule has 20 heavy (non-hydrogen) atoms. The number of likely N-dealkylation sites (N-methyl/N-ethyl adjacent to an activating group) is 1. The molecule has 4 nitrogen and oxygen atoms in total. The van der Waals surface area contributed by atoms with E-state index in [0.29, 0.717) is 18.7 Å². The molecule has 1 atom stereocenters. The summed E-state index contributed by atoms with van der Waals surface area (Å²) in [6.45, 7) is 2.65. The second-order valence-electron chi connectivity index (χ2n) is 5.18. The lowest BCUT2D eigenvalue weighted by Gasteiger charge is -2.30. The molecule has 1 fully saturated rings. The average molecular weight is 292 g/mol. The molecule has 0 aromatic heterocycles. The number of thioether (sulfide) groups is 1. The molecule has 2 amide bonds.